The summed E-state index contributed by atoms with van der Waals surface area (Å²) in [7, 11) is 3.09. The lowest BCUT2D eigenvalue weighted by molar-refractivity contribution is 0.102. The standard InChI is InChI=1S/C22H26N2O3S/c1-22(2,3)14-6-7-17-18(12-23)21(28-19(17)10-14)24-20(25)13-8-15(26-4)11-16(9-13)27-5/h8-9,11,14H,6-7,10H2,1-5H3,(H,24,25). The van der Waals surface area contributed by atoms with Crippen LogP contribution in [0.3, 0.4) is 0 Å². The average molecular weight is 399 g/mol. The SMILES string of the molecule is COc1cc(OC)cc(C(=O)Nc2sc3c(c2C#N)CCC(C(C)(C)C)C3)c1. The normalized spacial score (nSPS) is 16.1. The molecule has 1 aliphatic carbocycles. The molecule has 1 N–H and O–H groups in total. The first-order valence-electron chi connectivity index (χ1n) is 9.36. The number of nitrogens with zero attached hydrogens (tertiary/aromatic N) is 1. The lowest BCUT2D eigenvalue weighted by Crippen LogP contribution is -2.26. The van der Waals surface area contributed by atoms with Crippen molar-refractivity contribution in [3.63, 3.8) is 0 Å². The summed E-state index contributed by atoms with van der Waals surface area (Å²) in [5, 5.41) is 13.3. The molecule has 1 amide bonds. The third kappa shape index (κ3) is 4.00. The maximum atomic E-state index is 12.8. The number of anilines is 1. The van der Waals surface area contributed by atoms with E-state index in [4.69, 9.17) is 9.47 Å². The molecule has 6 heteroatoms. The van der Waals surface area contributed by atoms with Gasteiger partial charge in [0, 0.05) is 16.5 Å². The van der Waals surface area contributed by atoms with Gasteiger partial charge in [-0.15, -0.1) is 11.3 Å². The van der Waals surface area contributed by atoms with E-state index in [9.17, 15) is 10.1 Å². The molecule has 0 saturated heterocycles. The summed E-state index contributed by atoms with van der Waals surface area (Å²) in [4.78, 5) is 14.1. The topological polar surface area (TPSA) is 71.3 Å². The van der Waals surface area contributed by atoms with Crippen LogP contribution in [0.15, 0.2) is 18.2 Å². The molecule has 2 aromatic rings. The molecule has 0 radical (unpaired) electrons. The van der Waals surface area contributed by atoms with Gasteiger partial charge >= 0.3 is 0 Å². The van der Waals surface area contributed by atoms with Crippen molar-refractivity contribution in [3.8, 4) is 17.6 Å². The highest BCUT2D eigenvalue weighted by Crippen LogP contribution is 2.44. The van der Waals surface area contributed by atoms with Gasteiger partial charge in [0.2, 0.25) is 0 Å². The number of rotatable bonds is 4. The van der Waals surface area contributed by atoms with Gasteiger partial charge in [0.1, 0.15) is 22.6 Å². The zero-order chi connectivity index (χ0) is 20.5. The van der Waals surface area contributed by atoms with Gasteiger partial charge < -0.3 is 14.8 Å². The van der Waals surface area contributed by atoms with E-state index in [0.29, 0.717) is 33.5 Å². The number of hydrogen-bond donors (Lipinski definition) is 1. The number of fused-ring (bicyclic) bond motifs is 1. The molecule has 0 aliphatic heterocycles. The number of nitrogens with one attached hydrogen (secondary N) is 1. The second-order valence-electron chi connectivity index (χ2n) is 8.18. The first kappa shape index (κ1) is 20.2. The van der Waals surface area contributed by atoms with Crippen LogP contribution in [0.4, 0.5) is 5.00 Å². The number of benzene rings is 1. The van der Waals surface area contributed by atoms with Crippen LogP contribution in [0, 0.1) is 22.7 Å². The minimum absolute atomic E-state index is 0.231. The molecule has 0 spiro atoms. The molecular formula is C22H26N2O3S. The van der Waals surface area contributed by atoms with Crippen molar-refractivity contribution in [3.05, 3.63) is 39.8 Å². The Bertz CT molecular complexity index is 912. The molecule has 5 nitrogen and oxygen atoms in total. The van der Waals surface area contributed by atoms with E-state index >= 15 is 0 Å². The van der Waals surface area contributed by atoms with Crippen molar-refractivity contribution in [2.75, 3.05) is 19.5 Å². The van der Waals surface area contributed by atoms with Crippen molar-refractivity contribution in [1.82, 2.24) is 0 Å². The Morgan fingerprint density at radius 3 is 2.39 bits per heavy atom. The predicted octanol–water partition coefficient (Wildman–Crippen LogP) is 5.04. The Kier molecular flexibility index (Phi) is 5.66. The molecule has 1 unspecified atom stereocenters. The lowest BCUT2D eigenvalue weighted by Gasteiger charge is -2.33. The Morgan fingerprint density at radius 2 is 1.86 bits per heavy atom. The second-order valence-corrected chi connectivity index (χ2v) is 9.29. The van der Waals surface area contributed by atoms with E-state index in [1.54, 1.807) is 32.4 Å². The summed E-state index contributed by atoms with van der Waals surface area (Å²) >= 11 is 1.53. The van der Waals surface area contributed by atoms with Gasteiger partial charge in [-0.3, -0.25) is 4.79 Å². The maximum absolute atomic E-state index is 12.8. The van der Waals surface area contributed by atoms with Crippen LogP contribution in [0.1, 0.15) is 53.6 Å². The minimum atomic E-state index is -0.278. The summed E-state index contributed by atoms with van der Waals surface area (Å²) in [6.45, 7) is 6.79. The van der Waals surface area contributed by atoms with Crippen LogP contribution in [0.25, 0.3) is 0 Å². The zero-order valence-corrected chi connectivity index (χ0v) is 17.8. The van der Waals surface area contributed by atoms with Crippen molar-refractivity contribution in [1.29, 1.82) is 5.26 Å². The molecule has 3 rings (SSSR count). The zero-order valence-electron chi connectivity index (χ0n) is 17.0. The first-order valence-corrected chi connectivity index (χ1v) is 10.2. The molecule has 0 fully saturated rings. The highest BCUT2D eigenvalue weighted by Gasteiger charge is 2.32. The van der Waals surface area contributed by atoms with Crippen LogP contribution in [0.2, 0.25) is 0 Å². The third-order valence-corrected chi connectivity index (χ3v) is 6.61. The van der Waals surface area contributed by atoms with Crippen LogP contribution < -0.4 is 14.8 Å². The highest BCUT2D eigenvalue weighted by atomic mass is 32.1. The highest BCUT2D eigenvalue weighted by molar-refractivity contribution is 7.16. The Labute approximate surface area is 170 Å². The predicted molar refractivity (Wildman–Crippen MR) is 112 cm³/mol. The monoisotopic (exact) mass is 398 g/mol. The molecular weight excluding hydrogens is 372 g/mol. The fraction of sp³-hybridized carbons (Fsp3) is 0.455. The summed E-state index contributed by atoms with van der Waals surface area (Å²) in [5.74, 6) is 1.39. The van der Waals surface area contributed by atoms with Crippen molar-refractivity contribution in [2.45, 2.75) is 40.0 Å². The van der Waals surface area contributed by atoms with Gasteiger partial charge in [0.25, 0.3) is 5.91 Å². The van der Waals surface area contributed by atoms with E-state index in [-0.39, 0.29) is 11.3 Å². The lowest BCUT2D eigenvalue weighted by atomic mass is 9.72. The van der Waals surface area contributed by atoms with Crippen molar-refractivity contribution >= 4 is 22.2 Å². The number of hydrogen-bond acceptors (Lipinski definition) is 5. The first-order chi connectivity index (χ1) is 13.3. The van der Waals surface area contributed by atoms with E-state index in [2.05, 4.69) is 32.2 Å². The van der Waals surface area contributed by atoms with Crippen molar-refractivity contribution in [2.24, 2.45) is 11.3 Å². The average Bonchev–Trinajstić information content (AvgIpc) is 3.02. The number of amides is 1. The van der Waals surface area contributed by atoms with Gasteiger partial charge in [-0.2, -0.15) is 5.26 Å². The molecule has 0 saturated carbocycles. The van der Waals surface area contributed by atoms with Crippen LogP contribution in [-0.4, -0.2) is 20.1 Å². The van der Waals surface area contributed by atoms with Gasteiger partial charge in [-0.05, 0) is 48.3 Å². The number of thiophene rings is 1. The molecule has 1 heterocycles. The van der Waals surface area contributed by atoms with Gasteiger partial charge in [-0.25, -0.2) is 0 Å². The largest absolute Gasteiger partial charge is 0.497 e. The Balaban J connectivity index is 1.89. The Morgan fingerprint density at radius 1 is 1.21 bits per heavy atom. The molecule has 148 valence electrons. The maximum Gasteiger partial charge on any atom is 0.256 e. The van der Waals surface area contributed by atoms with E-state index < -0.39 is 0 Å². The minimum Gasteiger partial charge on any atom is -0.497 e. The Hall–Kier alpha value is -2.52. The summed E-state index contributed by atoms with van der Waals surface area (Å²) < 4.78 is 10.5. The van der Waals surface area contributed by atoms with Gasteiger partial charge in [0.15, 0.2) is 0 Å². The number of carbonyl (C=O) groups excluding carboxylic acids is 1. The molecule has 1 aromatic heterocycles. The number of ether oxygens (including phenoxy) is 2. The van der Waals surface area contributed by atoms with Gasteiger partial charge in [-0.1, -0.05) is 20.8 Å². The van der Waals surface area contributed by atoms with E-state index in [1.807, 2.05) is 0 Å². The van der Waals surface area contributed by atoms with Crippen LogP contribution >= 0.6 is 11.3 Å². The van der Waals surface area contributed by atoms with E-state index in [0.717, 1.165) is 24.8 Å². The van der Waals surface area contributed by atoms with E-state index in [1.165, 1.54) is 16.2 Å². The molecule has 1 aromatic carbocycles. The summed E-state index contributed by atoms with van der Waals surface area (Å²) in [6.07, 6.45) is 2.92. The van der Waals surface area contributed by atoms with Crippen molar-refractivity contribution < 1.29 is 14.3 Å². The number of carbonyl (C=O) groups is 1. The fourth-order valence-electron chi connectivity index (χ4n) is 3.65. The quantitative estimate of drug-likeness (QED) is 0.783. The van der Waals surface area contributed by atoms with Crippen LogP contribution in [0.5, 0.6) is 11.5 Å². The molecule has 1 atom stereocenters. The molecule has 28 heavy (non-hydrogen) atoms. The molecule has 0 bridgehead atoms. The number of methoxy groups -OCH3 is 2. The molecule has 1 aliphatic rings. The fourth-order valence-corrected chi connectivity index (χ4v) is 4.92. The summed E-state index contributed by atoms with van der Waals surface area (Å²) in [5.41, 5.74) is 2.37. The van der Waals surface area contributed by atoms with Gasteiger partial charge in [0.05, 0.1) is 19.8 Å². The summed E-state index contributed by atoms with van der Waals surface area (Å²) in [6, 6.07) is 7.34. The third-order valence-electron chi connectivity index (χ3n) is 5.44. The smallest absolute Gasteiger partial charge is 0.256 e. The second kappa shape index (κ2) is 7.84. The van der Waals surface area contributed by atoms with Crippen LogP contribution in [-0.2, 0) is 12.8 Å². The number of nitriles is 1.